The van der Waals surface area contributed by atoms with E-state index in [0.717, 1.165) is 4.31 Å². The van der Waals surface area contributed by atoms with E-state index in [-0.39, 0.29) is 21.5 Å². The van der Waals surface area contributed by atoms with Gasteiger partial charge in [0.2, 0.25) is 0 Å². The fraction of sp³-hybridized carbons (Fsp3) is 0.0667. The van der Waals surface area contributed by atoms with Gasteiger partial charge >= 0.3 is 0 Å². The number of hydrogen-bond donors (Lipinski definition) is 0. The van der Waals surface area contributed by atoms with Gasteiger partial charge in [-0.05, 0) is 36.4 Å². The monoisotopic (exact) mass is 409 g/mol. The summed E-state index contributed by atoms with van der Waals surface area (Å²) in [6, 6.07) is 8.73. The Kier molecular flexibility index (Phi) is 5.87. The van der Waals surface area contributed by atoms with Crippen molar-refractivity contribution < 1.29 is 8.42 Å². The molecule has 0 bridgehead atoms. The fourth-order valence-electron chi connectivity index (χ4n) is 1.94. The molecule has 2 aromatic carbocycles. The number of halogens is 4. The third-order valence-electron chi connectivity index (χ3n) is 2.89. The van der Waals surface area contributed by atoms with Crippen LogP contribution < -0.4 is 4.31 Å². The zero-order valence-electron chi connectivity index (χ0n) is 11.6. The second-order valence-electron chi connectivity index (χ2n) is 4.53. The quantitative estimate of drug-likeness (QED) is 0.594. The lowest BCUT2D eigenvalue weighted by atomic mass is 10.3. The zero-order chi connectivity index (χ0) is 17.2. The molecule has 0 heterocycles. The van der Waals surface area contributed by atoms with E-state index in [0.29, 0.717) is 15.7 Å². The molecule has 0 aliphatic carbocycles. The van der Waals surface area contributed by atoms with Crippen LogP contribution in [0.5, 0.6) is 0 Å². The largest absolute Gasteiger partial charge is 0.266 e. The molecule has 8 heteroatoms. The minimum atomic E-state index is -3.97. The first kappa shape index (κ1) is 18.4. The maximum atomic E-state index is 13.0. The van der Waals surface area contributed by atoms with Crippen LogP contribution in [0.3, 0.4) is 0 Å². The van der Waals surface area contributed by atoms with E-state index in [1.807, 2.05) is 0 Å². The maximum Gasteiger partial charge on any atom is 0.266 e. The van der Waals surface area contributed by atoms with Gasteiger partial charge in [0.25, 0.3) is 10.0 Å². The molecule has 0 spiro atoms. The summed E-state index contributed by atoms with van der Waals surface area (Å²) in [7, 11) is -3.97. The summed E-state index contributed by atoms with van der Waals surface area (Å²) in [5, 5.41) is 0.954. The summed E-state index contributed by atoms with van der Waals surface area (Å²) in [5.41, 5.74) is 0.304. The van der Waals surface area contributed by atoms with Crippen LogP contribution >= 0.6 is 46.4 Å². The van der Waals surface area contributed by atoms with Crippen molar-refractivity contribution in [2.24, 2.45) is 0 Å². The minimum absolute atomic E-state index is 0.0157. The molecule has 0 radical (unpaired) electrons. The van der Waals surface area contributed by atoms with Crippen LogP contribution in [0.4, 0.5) is 5.69 Å². The Morgan fingerprint density at radius 1 is 0.957 bits per heavy atom. The first-order valence-electron chi connectivity index (χ1n) is 6.30. The molecule has 23 heavy (non-hydrogen) atoms. The topological polar surface area (TPSA) is 37.4 Å². The predicted molar refractivity (Wildman–Crippen MR) is 97.7 cm³/mol. The smallest absolute Gasteiger partial charge is 0.262 e. The molecular formula is C15H11Cl4NO2S. The summed E-state index contributed by atoms with van der Waals surface area (Å²) in [6.07, 6.45) is 1.45. The van der Waals surface area contributed by atoms with E-state index in [1.54, 1.807) is 0 Å². The molecule has 2 aromatic rings. The van der Waals surface area contributed by atoms with Gasteiger partial charge in [0.15, 0.2) is 0 Å². The Morgan fingerprint density at radius 3 is 2.13 bits per heavy atom. The van der Waals surface area contributed by atoms with E-state index in [2.05, 4.69) is 6.58 Å². The molecule has 0 aromatic heterocycles. The normalized spacial score (nSPS) is 11.3. The van der Waals surface area contributed by atoms with Crippen molar-refractivity contribution in [3.05, 3.63) is 69.1 Å². The molecule has 0 saturated carbocycles. The van der Waals surface area contributed by atoms with Gasteiger partial charge in [-0.2, -0.15) is 0 Å². The van der Waals surface area contributed by atoms with Gasteiger partial charge in [0.1, 0.15) is 4.90 Å². The van der Waals surface area contributed by atoms with Crippen LogP contribution in [-0.2, 0) is 10.0 Å². The van der Waals surface area contributed by atoms with Gasteiger partial charge in [0, 0.05) is 15.1 Å². The summed E-state index contributed by atoms with van der Waals surface area (Å²) in [5.74, 6) is 0. The standard InChI is InChI=1S/C15H11Cl4NO2S/c1-2-5-20(13-7-11(17)6-12(18)8-13)23(21,22)15-9-10(16)3-4-14(15)19/h2-4,6-9H,1,5H2. The lowest BCUT2D eigenvalue weighted by Gasteiger charge is -2.24. The molecule has 122 valence electrons. The molecule has 0 unspecified atom stereocenters. The van der Waals surface area contributed by atoms with Gasteiger partial charge in [-0.3, -0.25) is 4.31 Å². The average molecular weight is 411 g/mol. The Hall–Kier alpha value is -0.910. The van der Waals surface area contributed by atoms with Crippen molar-refractivity contribution in [2.75, 3.05) is 10.8 Å². The zero-order valence-corrected chi connectivity index (χ0v) is 15.5. The van der Waals surface area contributed by atoms with Gasteiger partial charge in [0.05, 0.1) is 17.3 Å². The highest BCUT2D eigenvalue weighted by molar-refractivity contribution is 7.93. The summed E-state index contributed by atoms with van der Waals surface area (Å²) >= 11 is 23.9. The number of nitrogens with zero attached hydrogens (tertiary/aromatic N) is 1. The van der Waals surface area contributed by atoms with Gasteiger partial charge < -0.3 is 0 Å². The van der Waals surface area contributed by atoms with Crippen LogP contribution in [0, 0.1) is 0 Å². The third kappa shape index (κ3) is 4.14. The number of sulfonamides is 1. The fourth-order valence-corrected chi connectivity index (χ4v) is 4.61. The van der Waals surface area contributed by atoms with E-state index < -0.39 is 10.0 Å². The van der Waals surface area contributed by atoms with Crippen LogP contribution in [0.2, 0.25) is 20.1 Å². The van der Waals surface area contributed by atoms with Crippen LogP contribution in [0.15, 0.2) is 53.9 Å². The van der Waals surface area contributed by atoms with Crippen LogP contribution in [-0.4, -0.2) is 15.0 Å². The van der Waals surface area contributed by atoms with Crippen LogP contribution in [0.1, 0.15) is 0 Å². The van der Waals surface area contributed by atoms with Crippen LogP contribution in [0.25, 0.3) is 0 Å². The van der Waals surface area contributed by atoms with E-state index in [1.165, 1.54) is 42.5 Å². The second kappa shape index (κ2) is 7.32. The summed E-state index contributed by atoms with van der Waals surface area (Å²) in [6.45, 7) is 3.60. The first-order chi connectivity index (χ1) is 10.8. The number of benzene rings is 2. The van der Waals surface area contributed by atoms with Crippen molar-refractivity contribution in [2.45, 2.75) is 4.90 Å². The van der Waals surface area contributed by atoms with Gasteiger partial charge in [-0.15, -0.1) is 6.58 Å². The Bertz CT molecular complexity index is 832. The average Bonchev–Trinajstić information content (AvgIpc) is 2.45. The maximum absolute atomic E-state index is 13.0. The molecular weight excluding hydrogens is 400 g/mol. The van der Waals surface area contributed by atoms with E-state index in [4.69, 9.17) is 46.4 Å². The minimum Gasteiger partial charge on any atom is -0.262 e. The molecule has 2 rings (SSSR count). The summed E-state index contributed by atoms with van der Waals surface area (Å²) < 4.78 is 27.0. The Labute approximate surface area is 155 Å². The summed E-state index contributed by atoms with van der Waals surface area (Å²) in [4.78, 5) is -0.107. The SMILES string of the molecule is C=CCN(c1cc(Cl)cc(Cl)c1)S(=O)(=O)c1cc(Cl)ccc1Cl. The first-order valence-corrected chi connectivity index (χ1v) is 9.25. The highest BCUT2D eigenvalue weighted by Gasteiger charge is 2.27. The molecule has 0 aliphatic rings. The van der Waals surface area contributed by atoms with Gasteiger partial charge in [-0.25, -0.2) is 8.42 Å². The van der Waals surface area contributed by atoms with E-state index >= 15 is 0 Å². The van der Waals surface area contributed by atoms with Crippen molar-refractivity contribution >= 4 is 62.1 Å². The molecule has 3 nitrogen and oxygen atoms in total. The third-order valence-corrected chi connectivity index (χ3v) is 5.84. The van der Waals surface area contributed by atoms with Gasteiger partial charge in [-0.1, -0.05) is 52.5 Å². The number of anilines is 1. The molecule has 0 aliphatic heterocycles. The Morgan fingerprint density at radius 2 is 1.57 bits per heavy atom. The molecule has 0 saturated heterocycles. The van der Waals surface area contributed by atoms with Crippen molar-refractivity contribution in [3.8, 4) is 0 Å². The van der Waals surface area contributed by atoms with E-state index in [9.17, 15) is 8.42 Å². The molecule has 0 fully saturated rings. The lowest BCUT2D eigenvalue weighted by Crippen LogP contribution is -2.31. The van der Waals surface area contributed by atoms with Crippen molar-refractivity contribution in [1.29, 1.82) is 0 Å². The highest BCUT2D eigenvalue weighted by Crippen LogP contribution is 2.33. The Balaban J connectivity index is 2.64. The predicted octanol–water partition coefficient (Wildman–Crippen LogP) is 5.68. The number of hydrogen-bond acceptors (Lipinski definition) is 2. The molecule has 0 N–H and O–H groups in total. The number of rotatable bonds is 5. The second-order valence-corrected chi connectivity index (χ2v) is 8.07. The highest BCUT2D eigenvalue weighted by atomic mass is 35.5. The molecule has 0 atom stereocenters. The van der Waals surface area contributed by atoms with Crippen molar-refractivity contribution in [1.82, 2.24) is 0 Å². The molecule has 0 amide bonds. The lowest BCUT2D eigenvalue weighted by molar-refractivity contribution is 0.593. The van der Waals surface area contributed by atoms with Crippen molar-refractivity contribution in [3.63, 3.8) is 0 Å².